The predicted molar refractivity (Wildman–Crippen MR) is 65.8 cm³/mol. The molecule has 16 heavy (non-hydrogen) atoms. The van der Waals surface area contributed by atoms with E-state index in [0.717, 1.165) is 19.6 Å². The van der Waals surface area contributed by atoms with E-state index in [1.807, 2.05) is 18.9 Å². The minimum Gasteiger partial charge on any atom is -0.409 e. The van der Waals surface area contributed by atoms with Crippen molar-refractivity contribution in [3.8, 4) is 0 Å². The average molecular weight is 231 g/mol. The molecule has 3 N–H and O–H groups in total. The molecule has 0 fully saturated rings. The molecular formula is C11H25N3O2. The Hall–Kier alpha value is -0.810. The highest BCUT2D eigenvalue weighted by Crippen LogP contribution is 1.99. The van der Waals surface area contributed by atoms with E-state index < -0.39 is 0 Å². The van der Waals surface area contributed by atoms with Crippen molar-refractivity contribution in [1.82, 2.24) is 4.90 Å². The molecule has 0 aliphatic heterocycles. The van der Waals surface area contributed by atoms with Crippen molar-refractivity contribution in [2.75, 3.05) is 26.8 Å². The molecule has 0 aliphatic carbocycles. The molecular weight excluding hydrogens is 206 g/mol. The summed E-state index contributed by atoms with van der Waals surface area (Å²) in [5.74, 6) is 0.901. The fourth-order valence-electron chi connectivity index (χ4n) is 1.13. The molecule has 0 radical (unpaired) electrons. The summed E-state index contributed by atoms with van der Waals surface area (Å²) in [6, 6.07) is -0.0706. The average Bonchev–Trinajstić information content (AvgIpc) is 2.25. The van der Waals surface area contributed by atoms with Gasteiger partial charge in [-0.05, 0) is 26.3 Å². The van der Waals surface area contributed by atoms with Gasteiger partial charge < -0.3 is 15.7 Å². The Balaban J connectivity index is 3.61. The summed E-state index contributed by atoms with van der Waals surface area (Å²) in [7, 11) is 1.93. The highest BCUT2D eigenvalue weighted by molar-refractivity contribution is 5.84. The molecule has 0 amide bonds. The molecule has 0 saturated carbocycles. The van der Waals surface area contributed by atoms with E-state index in [9.17, 15) is 0 Å². The Kier molecular flexibility index (Phi) is 7.93. The second-order valence-corrected chi connectivity index (χ2v) is 4.48. The van der Waals surface area contributed by atoms with E-state index in [2.05, 4.69) is 19.0 Å². The first-order chi connectivity index (χ1) is 7.49. The Morgan fingerprint density at radius 3 is 2.50 bits per heavy atom. The van der Waals surface area contributed by atoms with Crippen LogP contribution in [0.2, 0.25) is 0 Å². The topological polar surface area (TPSA) is 71.1 Å². The summed E-state index contributed by atoms with van der Waals surface area (Å²) >= 11 is 0. The van der Waals surface area contributed by atoms with E-state index in [1.165, 1.54) is 0 Å². The van der Waals surface area contributed by atoms with E-state index >= 15 is 0 Å². The van der Waals surface area contributed by atoms with Gasteiger partial charge in [-0.1, -0.05) is 19.0 Å². The first kappa shape index (κ1) is 15.2. The molecule has 0 rings (SSSR count). The molecule has 0 spiro atoms. The molecule has 1 unspecified atom stereocenters. The Labute approximate surface area is 98.2 Å². The van der Waals surface area contributed by atoms with E-state index in [0.29, 0.717) is 12.5 Å². The third-order valence-corrected chi connectivity index (χ3v) is 2.63. The smallest absolute Gasteiger partial charge is 0.156 e. The number of nitrogens with two attached hydrogens (primary N) is 1. The number of likely N-dealkylation sites (N-methyl/N-ethyl adjacent to an activating group) is 1. The molecule has 0 heterocycles. The summed E-state index contributed by atoms with van der Waals surface area (Å²) in [6.07, 6.45) is 1.08. The molecule has 1 atom stereocenters. The SMILES string of the molecule is CC(C)CCOCCN(C)C(C)C(N)=NO. The molecule has 0 bridgehead atoms. The van der Waals surface area contributed by atoms with Crippen LogP contribution in [0.15, 0.2) is 5.16 Å². The summed E-state index contributed by atoms with van der Waals surface area (Å²) in [4.78, 5) is 1.99. The van der Waals surface area contributed by atoms with Crippen molar-refractivity contribution in [3.05, 3.63) is 0 Å². The number of amidine groups is 1. The maximum atomic E-state index is 8.53. The first-order valence-corrected chi connectivity index (χ1v) is 5.74. The summed E-state index contributed by atoms with van der Waals surface area (Å²) in [6.45, 7) is 8.49. The van der Waals surface area contributed by atoms with Crippen LogP contribution in [0.1, 0.15) is 27.2 Å². The quantitative estimate of drug-likeness (QED) is 0.216. The Morgan fingerprint density at radius 1 is 1.38 bits per heavy atom. The van der Waals surface area contributed by atoms with Crippen LogP contribution in [0.4, 0.5) is 0 Å². The van der Waals surface area contributed by atoms with Gasteiger partial charge in [0.05, 0.1) is 12.6 Å². The largest absolute Gasteiger partial charge is 0.409 e. The van der Waals surface area contributed by atoms with Gasteiger partial charge in [0.25, 0.3) is 0 Å². The highest BCUT2D eigenvalue weighted by atomic mass is 16.5. The predicted octanol–water partition coefficient (Wildman–Crippen LogP) is 1.12. The van der Waals surface area contributed by atoms with Crippen molar-refractivity contribution >= 4 is 5.84 Å². The van der Waals surface area contributed by atoms with Crippen LogP contribution in [0, 0.1) is 5.92 Å². The zero-order chi connectivity index (χ0) is 12.6. The Bertz CT molecular complexity index is 207. The first-order valence-electron chi connectivity index (χ1n) is 5.74. The maximum Gasteiger partial charge on any atom is 0.156 e. The molecule has 5 nitrogen and oxygen atoms in total. The zero-order valence-electron chi connectivity index (χ0n) is 10.8. The van der Waals surface area contributed by atoms with Crippen LogP contribution in [0.3, 0.4) is 0 Å². The van der Waals surface area contributed by atoms with Crippen LogP contribution in [0.25, 0.3) is 0 Å². The fourth-order valence-corrected chi connectivity index (χ4v) is 1.13. The number of nitrogens with zero attached hydrogens (tertiary/aromatic N) is 2. The van der Waals surface area contributed by atoms with Crippen LogP contribution in [0.5, 0.6) is 0 Å². The minimum atomic E-state index is -0.0706. The monoisotopic (exact) mass is 231 g/mol. The van der Waals surface area contributed by atoms with E-state index in [1.54, 1.807) is 0 Å². The van der Waals surface area contributed by atoms with Gasteiger partial charge in [0.2, 0.25) is 0 Å². The van der Waals surface area contributed by atoms with Crippen LogP contribution in [-0.4, -0.2) is 48.8 Å². The highest BCUT2D eigenvalue weighted by Gasteiger charge is 2.12. The fraction of sp³-hybridized carbons (Fsp3) is 0.909. The van der Waals surface area contributed by atoms with Crippen molar-refractivity contribution < 1.29 is 9.94 Å². The van der Waals surface area contributed by atoms with Crippen LogP contribution in [-0.2, 0) is 4.74 Å². The molecule has 96 valence electrons. The summed E-state index contributed by atoms with van der Waals surface area (Å²) in [5.41, 5.74) is 5.51. The zero-order valence-corrected chi connectivity index (χ0v) is 10.8. The molecule has 0 aromatic heterocycles. The number of hydrogen-bond donors (Lipinski definition) is 2. The van der Waals surface area contributed by atoms with Crippen molar-refractivity contribution in [2.24, 2.45) is 16.8 Å². The lowest BCUT2D eigenvalue weighted by molar-refractivity contribution is 0.0996. The van der Waals surface area contributed by atoms with Crippen LogP contribution < -0.4 is 5.73 Å². The molecule has 0 aromatic rings. The Morgan fingerprint density at radius 2 is 2.00 bits per heavy atom. The van der Waals surface area contributed by atoms with E-state index in [4.69, 9.17) is 15.7 Å². The van der Waals surface area contributed by atoms with Crippen molar-refractivity contribution in [3.63, 3.8) is 0 Å². The van der Waals surface area contributed by atoms with Gasteiger partial charge in [0, 0.05) is 13.2 Å². The lowest BCUT2D eigenvalue weighted by Crippen LogP contribution is -2.41. The van der Waals surface area contributed by atoms with Gasteiger partial charge in [-0.25, -0.2) is 0 Å². The standard InChI is InChI=1S/C11H25N3O2/c1-9(2)5-7-16-8-6-14(4)10(3)11(12)13-15/h9-10,15H,5-8H2,1-4H3,(H2,12,13). The molecule has 0 aromatic carbocycles. The summed E-state index contributed by atoms with van der Waals surface area (Å²) < 4.78 is 5.49. The number of ether oxygens (including phenoxy) is 1. The minimum absolute atomic E-state index is 0.0706. The van der Waals surface area contributed by atoms with Gasteiger partial charge >= 0.3 is 0 Å². The second kappa shape index (κ2) is 8.35. The molecule has 5 heteroatoms. The van der Waals surface area contributed by atoms with Gasteiger partial charge in [-0.3, -0.25) is 4.90 Å². The molecule has 0 saturated heterocycles. The van der Waals surface area contributed by atoms with Gasteiger partial charge in [-0.15, -0.1) is 0 Å². The number of rotatable bonds is 8. The summed E-state index contributed by atoms with van der Waals surface area (Å²) in [5, 5.41) is 11.5. The lowest BCUT2D eigenvalue weighted by atomic mass is 10.1. The van der Waals surface area contributed by atoms with Crippen LogP contribution >= 0.6 is 0 Å². The number of oxime groups is 1. The van der Waals surface area contributed by atoms with E-state index in [-0.39, 0.29) is 11.9 Å². The molecule has 0 aliphatic rings. The van der Waals surface area contributed by atoms with Crippen molar-refractivity contribution in [1.29, 1.82) is 0 Å². The third-order valence-electron chi connectivity index (χ3n) is 2.63. The number of hydrogen-bond acceptors (Lipinski definition) is 4. The third kappa shape index (κ3) is 6.63. The lowest BCUT2D eigenvalue weighted by Gasteiger charge is -2.23. The second-order valence-electron chi connectivity index (χ2n) is 4.48. The van der Waals surface area contributed by atoms with Crippen molar-refractivity contribution in [2.45, 2.75) is 33.2 Å². The normalized spacial score (nSPS) is 14.8. The van der Waals surface area contributed by atoms with Gasteiger partial charge in [0.1, 0.15) is 0 Å². The maximum absolute atomic E-state index is 8.53. The van der Waals surface area contributed by atoms with Gasteiger partial charge in [0.15, 0.2) is 5.84 Å². The van der Waals surface area contributed by atoms with Gasteiger partial charge in [-0.2, -0.15) is 0 Å².